The molecule has 0 aromatic heterocycles. The van der Waals surface area contributed by atoms with E-state index in [1.165, 1.54) is 12.8 Å². The molecule has 2 fully saturated rings. The van der Waals surface area contributed by atoms with Crippen molar-refractivity contribution in [2.75, 3.05) is 19.6 Å². The van der Waals surface area contributed by atoms with Gasteiger partial charge in [0.15, 0.2) is 0 Å². The van der Waals surface area contributed by atoms with Crippen LogP contribution in [0.3, 0.4) is 0 Å². The number of carbonyl (C=O) groups is 2. The minimum absolute atomic E-state index is 0. The van der Waals surface area contributed by atoms with Gasteiger partial charge < -0.3 is 16.0 Å². The van der Waals surface area contributed by atoms with Crippen molar-refractivity contribution >= 4 is 24.2 Å². The summed E-state index contributed by atoms with van der Waals surface area (Å²) in [6.45, 7) is 2.95. The van der Waals surface area contributed by atoms with Crippen LogP contribution in [0.5, 0.6) is 0 Å². The molecule has 0 saturated carbocycles. The van der Waals surface area contributed by atoms with Crippen molar-refractivity contribution in [2.24, 2.45) is 11.7 Å². The number of primary amides is 1. The van der Waals surface area contributed by atoms with E-state index >= 15 is 0 Å². The lowest BCUT2D eigenvalue weighted by atomic mass is 9.92. The van der Waals surface area contributed by atoms with Gasteiger partial charge in [-0.2, -0.15) is 0 Å². The number of halogens is 1. The molecule has 5 nitrogen and oxygen atoms in total. The molecule has 0 aliphatic carbocycles. The molecule has 3 N–H and O–H groups in total. The number of hydrogen-bond acceptors (Lipinski definition) is 3. The monoisotopic (exact) mass is 317 g/mol. The number of likely N-dealkylation sites (tertiary alicyclic amines) is 1. The first kappa shape index (κ1) is 18.2. The normalized spacial score (nSPS) is 23.4. The molecule has 21 heavy (non-hydrogen) atoms. The van der Waals surface area contributed by atoms with Crippen LogP contribution in [-0.4, -0.2) is 42.4 Å². The van der Waals surface area contributed by atoms with Crippen LogP contribution in [0.25, 0.3) is 0 Å². The Labute approximate surface area is 133 Å². The average molecular weight is 318 g/mol. The molecule has 6 heteroatoms. The van der Waals surface area contributed by atoms with Gasteiger partial charge in [-0.3, -0.25) is 9.59 Å². The number of rotatable bonds is 5. The van der Waals surface area contributed by atoms with Crippen LogP contribution in [0.1, 0.15) is 51.4 Å². The van der Waals surface area contributed by atoms with E-state index in [-0.39, 0.29) is 30.3 Å². The molecule has 0 aromatic rings. The molecule has 1 atom stereocenters. The lowest BCUT2D eigenvalue weighted by Gasteiger charge is -2.35. The summed E-state index contributed by atoms with van der Waals surface area (Å²) in [5, 5.41) is 3.35. The van der Waals surface area contributed by atoms with E-state index in [4.69, 9.17) is 5.73 Å². The number of piperidine rings is 2. The van der Waals surface area contributed by atoms with Gasteiger partial charge in [0.05, 0.1) is 0 Å². The Balaban J connectivity index is 0.00000220. The van der Waals surface area contributed by atoms with Crippen LogP contribution in [0.15, 0.2) is 0 Å². The standard InChI is InChI=1S/C15H27N3O2.ClH/c16-14(19)11-13-3-1-2-10-18(13)15(20)5-4-12-6-8-17-9-7-12;/h12-13,17H,1-11H2,(H2,16,19);1H. The highest BCUT2D eigenvalue weighted by atomic mass is 35.5. The Morgan fingerprint density at radius 1 is 1.14 bits per heavy atom. The predicted octanol–water partition coefficient (Wildman–Crippen LogP) is 1.44. The molecule has 2 aliphatic heterocycles. The zero-order chi connectivity index (χ0) is 14.4. The zero-order valence-corrected chi connectivity index (χ0v) is 13.5. The van der Waals surface area contributed by atoms with E-state index < -0.39 is 0 Å². The van der Waals surface area contributed by atoms with Crippen molar-refractivity contribution in [1.29, 1.82) is 0 Å². The summed E-state index contributed by atoms with van der Waals surface area (Å²) in [6.07, 6.45) is 7.35. The Morgan fingerprint density at radius 2 is 1.86 bits per heavy atom. The topological polar surface area (TPSA) is 75.4 Å². The highest BCUT2D eigenvalue weighted by molar-refractivity contribution is 5.85. The second-order valence-corrected chi connectivity index (χ2v) is 6.14. The van der Waals surface area contributed by atoms with Crippen molar-refractivity contribution in [1.82, 2.24) is 10.2 Å². The molecule has 0 aromatic carbocycles. The van der Waals surface area contributed by atoms with Gasteiger partial charge in [-0.15, -0.1) is 12.4 Å². The number of carbonyl (C=O) groups excluding carboxylic acids is 2. The van der Waals surface area contributed by atoms with Gasteiger partial charge in [-0.1, -0.05) is 0 Å². The summed E-state index contributed by atoms with van der Waals surface area (Å²) >= 11 is 0. The Kier molecular flexibility index (Phi) is 8.04. The Bertz CT molecular complexity index is 346. The van der Waals surface area contributed by atoms with Crippen LogP contribution in [0, 0.1) is 5.92 Å². The quantitative estimate of drug-likeness (QED) is 0.805. The molecular weight excluding hydrogens is 290 g/mol. The van der Waals surface area contributed by atoms with Crippen molar-refractivity contribution in [3.05, 3.63) is 0 Å². The van der Waals surface area contributed by atoms with Crippen molar-refractivity contribution in [3.8, 4) is 0 Å². The van der Waals surface area contributed by atoms with E-state index in [1.807, 2.05) is 4.90 Å². The lowest BCUT2D eigenvalue weighted by Crippen LogP contribution is -2.45. The van der Waals surface area contributed by atoms with Gasteiger partial charge in [-0.05, 0) is 57.5 Å². The molecule has 2 heterocycles. The summed E-state index contributed by atoms with van der Waals surface area (Å²) in [5.41, 5.74) is 5.29. The number of nitrogens with zero attached hydrogens (tertiary/aromatic N) is 1. The van der Waals surface area contributed by atoms with Crippen molar-refractivity contribution < 1.29 is 9.59 Å². The number of hydrogen-bond donors (Lipinski definition) is 2. The van der Waals surface area contributed by atoms with E-state index in [9.17, 15) is 9.59 Å². The maximum atomic E-state index is 12.4. The Morgan fingerprint density at radius 3 is 2.52 bits per heavy atom. The van der Waals surface area contributed by atoms with E-state index in [2.05, 4.69) is 5.32 Å². The van der Waals surface area contributed by atoms with Crippen LogP contribution in [-0.2, 0) is 9.59 Å². The molecule has 0 bridgehead atoms. The molecular formula is C15H28ClN3O2. The average Bonchev–Trinajstić information content (AvgIpc) is 2.46. The molecule has 2 rings (SSSR count). The lowest BCUT2D eigenvalue weighted by molar-refractivity contribution is -0.136. The van der Waals surface area contributed by atoms with Gasteiger partial charge in [0.1, 0.15) is 0 Å². The third kappa shape index (κ3) is 5.83. The number of nitrogens with two attached hydrogens (primary N) is 1. The smallest absolute Gasteiger partial charge is 0.222 e. The van der Waals surface area contributed by atoms with Crippen molar-refractivity contribution in [3.63, 3.8) is 0 Å². The van der Waals surface area contributed by atoms with Crippen LogP contribution < -0.4 is 11.1 Å². The molecule has 2 saturated heterocycles. The van der Waals surface area contributed by atoms with Gasteiger partial charge in [0.25, 0.3) is 0 Å². The largest absolute Gasteiger partial charge is 0.370 e. The third-order valence-electron chi connectivity index (χ3n) is 4.61. The van der Waals surface area contributed by atoms with Crippen LogP contribution in [0.2, 0.25) is 0 Å². The zero-order valence-electron chi connectivity index (χ0n) is 12.7. The van der Waals surface area contributed by atoms with E-state index in [0.717, 1.165) is 45.3 Å². The van der Waals surface area contributed by atoms with Crippen LogP contribution >= 0.6 is 12.4 Å². The molecule has 2 amide bonds. The predicted molar refractivity (Wildman–Crippen MR) is 85.2 cm³/mol. The molecule has 1 unspecified atom stereocenters. The summed E-state index contributed by atoms with van der Waals surface area (Å²) in [4.78, 5) is 25.4. The number of nitrogens with one attached hydrogen (secondary N) is 1. The Hall–Kier alpha value is -0.810. The molecule has 0 spiro atoms. The fourth-order valence-corrected chi connectivity index (χ4v) is 3.41. The fourth-order valence-electron chi connectivity index (χ4n) is 3.41. The number of amides is 2. The van der Waals surface area contributed by atoms with E-state index in [1.54, 1.807) is 0 Å². The van der Waals surface area contributed by atoms with Crippen LogP contribution in [0.4, 0.5) is 0 Å². The first-order valence-electron chi connectivity index (χ1n) is 7.95. The minimum Gasteiger partial charge on any atom is -0.370 e. The summed E-state index contributed by atoms with van der Waals surface area (Å²) in [5.74, 6) is 0.599. The fraction of sp³-hybridized carbons (Fsp3) is 0.867. The molecule has 0 radical (unpaired) electrons. The highest BCUT2D eigenvalue weighted by Crippen LogP contribution is 2.23. The van der Waals surface area contributed by atoms with E-state index in [0.29, 0.717) is 18.8 Å². The minimum atomic E-state index is -0.298. The first-order valence-corrected chi connectivity index (χ1v) is 7.95. The SMILES string of the molecule is Cl.NC(=O)CC1CCCCN1C(=O)CCC1CCNCC1. The van der Waals surface area contributed by atoms with Gasteiger partial charge in [0, 0.05) is 25.4 Å². The van der Waals surface area contributed by atoms with Gasteiger partial charge in [-0.25, -0.2) is 0 Å². The summed E-state index contributed by atoms with van der Waals surface area (Å²) in [7, 11) is 0. The van der Waals surface area contributed by atoms with Gasteiger partial charge >= 0.3 is 0 Å². The summed E-state index contributed by atoms with van der Waals surface area (Å²) in [6, 6.07) is 0.0433. The summed E-state index contributed by atoms with van der Waals surface area (Å²) < 4.78 is 0. The molecule has 122 valence electrons. The van der Waals surface area contributed by atoms with Crippen molar-refractivity contribution in [2.45, 2.75) is 57.4 Å². The maximum absolute atomic E-state index is 12.4. The first-order chi connectivity index (χ1) is 9.66. The van der Waals surface area contributed by atoms with Gasteiger partial charge in [0.2, 0.25) is 11.8 Å². The highest BCUT2D eigenvalue weighted by Gasteiger charge is 2.28. The third-order valence-corrected chi connectivity index (χ3v) is 4.61. The maximum Gasteiger partial charge on any atom is 0.222 e. The second-order valence-electron chi connectivity index (χ2n) is 6.14. The molecule has 2 aliphatic rings. The second kappa shape index (κ2) is 9.26.